The van der Waals surface area contributed by atoms with E-state index < -0.39 is 0 Å². The van der Waals surface area contributed by atoms with Gasteiger partial charge < -0.3 is 5.73 Å². The van der Waals surface area contributed by atoms with Crippen molar-refractivity contribution in [3.8, 4) is 0 Å². The predicted molar refractivity (Wildman–Crippen MR) is 76.6 cm³/mol. The number of aliphatic imine (C=N–C) groups is 1. The van der Waals surface area contributed by atoms with Gasteiger partial charge in [-0.05, 0) is 11.6 Å². The van der Waals surface area contributed by atoms with Crippen LogP contribution in [0.5, 0.6) is 0 Å². The van der Waals surface area contributed by atoms with Crippen LogP contribution in [0.2, 0.25) is 0 Å². The smallest absolute Gasteiger partial charge is 0.104 e. The number of nitrogen functional groups attached to an aromatic ring is 1. The number of anilines is 1. The Balaban J connectivity index is 0.00000121. The maximum Gasteiger partial charge on any atom is 0.104 e. The molecule has 0 unspecified atom stereocenters. The summed E-state index contributed by atoms with van der Waals surface area (Å²) in [5.74, 6) is 0. The fourth-order valence-corrected chi connectivity index (χ4v) is 0.949. The monoisotopic (exact) mass is 229 g/mol. The Bertz CT molecular complexity index is 417. The van der Waals surface area contributed by atoms with Crippen molar-refractivity contribution in [1.82, 2.24) is 4.98 Å². The van der Waals surface area contributed by atoms with Crippen LogP contribution in [-0.4, -0.2) is 11.2 Å². The lowest BCUT2D eigenvalue weighted by atomic mass is 10.2. The first-order chi connectivity index (χ1) is 8.27. The summed E-state index contributed by atoms with van der Waals surface area (Å²) < 4.78 is 0. The van der Waals surface area contributed by atoms with E-state index in [1.54, 1.807) is 36.8 Å². The zero-order valence-electron chi connectivity index (χ0n) is 10.4. The molecular weight excluding hydrogens is 210 g/mol. The molecule has 1 aromatic heterocycles. The summed E-state index contributed by atoms with van der Waals surface area (Å²) in [5.41, 5.74) is 7.82. The van der Waals surface area contributed by atoms with Gasteiger partial charge in [0.05, 0.1) is 11.9 Å². The minimum atomic E-state index is 0.600. The molecular formula is C14H19N3. The maximum absolute atomic E-state index is 5.70. The second-order valence-electron chi connectivity index (χ2n) is 2.80. The standard InChI is InChI=1S/C12H13N3.C2H6/c1-3-5-10(4-2)8-15-12-9-14-7-6-11(12)13;1-2/h3-9H,1-2H2,(H2,13,14);1-2H3/b10-5+,15-8?;. The largest absolute Gasteiger partial charge is 0.397 e. The topological polar surface area (TPSA) is 51.3 Å². The van der Waals surface area contributed by atoms with Gasteiger partial charge in [0, 0.05) is 12.4 Å². The summed E-state index contributed by atoms with van der Waals surface area (Å²) in [5, 5.41) is 0. The molecule has 1 heterocycles. The Kier molecular flexibility index (Phi) is 7.94. The third kappa shape index (κ3) is 5.47. The van der Waals surface area contributed by atoms with E-state index in [-0.39, 0.29) is 0 Å². The average Bonchev–Trinajstić information content (AvgIpc) is 2.38. The molecule has 0 aliphatic carbocycles. The van der Waals surface area contributed by atoms with Crippen LogP contribution >= 0.6 is 0 Å². The van der Waals surface area contributed by atoms with Gasteiger partial charge in [-0.1, -0.05) is 45.2 Å². The van der Waals surface area contributed by atoms with Crippen molar-refractivity contribution in [2.75, 3.05) is 5.73 Å². The van der Waals surface area contributed by atoms with Crippen molar-refractivity contribution in [3.63, 3.8) is 0 Å². The van der Waals surface area contributed by atoms with Gasteiger partial charge in [0.15, 0.2) is 0 Å². The van der Waals surface area contributed by atoms with Gasteiger partial charge in [-0.25, -0.2) is 0 Å². The fraction of sp³-hybridized carbons (Fsp3) is 0.143. The number of hydrogen-bond acceptors (Lipinski definition) is 3. The highest BCUT2D eigenvalue weighted by Crippen LogP contribution is 2.18. The molecule has 0 aliphatic rings. The lowest BCUT2D eigenvalue weighted by Gasteiger charge is -1.97. The molecule has 1 aromatic rings. The van der Waals surface area contributed by atoms with Crippen LogP contribution in [0.15, 0.2) is 60.4 Å². The minimum Gasteiger partial charge on any atom is -0.397 e. The van der Waals surface area contributed by atoms with Crippen LogP contribution in [0, 0.1) is 0 Å². The number of pyridine rings is 1. The lowest BCUT2D eigenvalue weighted by Crippen LogP contribution is -1.86. The summed E-state index contributed by atoms with van der Waals surface area (Å²) in [6.45, 7) is 11.3. The van der Waals surface area contributed by atoms with Crippen molar-refractivity contribution in [3.05, 3.63) is 55.4 Å². The summed E-state index contributed by atoms with van der Waals surface area (Å²) in [6, 6.07) is 1.71. The molecule has 0 aromatic carbocycles. The van der Waals surface area contributed by atoms with E-state index >= 15 is 0 Å². The van der Waals surface area contributed by atoms with Gasteiger partial charge in [0.25, 0.3) is 0 Å². The summed E-state index contributed by atoms with van der Waals surface area (Å²) in [6.07, 6.45) is 10.1. The van der Waals surface area contributed by atoms with E-state index in [1.165, 1.54) is 0 Å². The van der Waals surface area contributed by atoms with Crippen LogP contribution in [0.4, 0.5) is 11.4 Å². The van der Waals surface area contributed by atoms with Crippen molar-refractivity contribution in [2.24, 2.45) is 4.99 Å². The highest BCUT2D eigenvalue weighted by atomic mass is 14.8. The molecule has 3 heteroatoms. The van der Waals surface area contributed by atoms with E-state index in [0.717, 1.165) is 5.57 Å². The molecule has 0 amide bonds. The third-order valence-electron chi connectivity index (χ3n) is 1.73. The first-order valence-electron chi connectivity index (χ1n) is 5.46. The van der Waals surface area contributed by atoms with Gasteiger partial charge in [-0.15, -0.1) is 0 Å². The first-order valence-corrected chi connectivity index (χ1v) is 5.46. The van der Waals surface area contributed by atoms with Crippen molar-refractivity contribution < 1.29 is 0 Å². The second-order valence-corrected chi connectivity index (χ2v) is 2.80. The second kappa shape index (κ2) is 9.09. The molecule has 0 radical (unpaired) electrons. The molecule has 0 saturated heterocycles. The van der Waals surface area contributed by atoms with Crippen LogP contribution in [0.3, 0.4) is 0 Å². The van der Waals surface area contributed by atoms with Gasteiger partial charge in [-0.2, -0.15) is 0 Å². The molecule has 0 aliphatic heterocycles. The van der Waals surface area contributed by atoms with Gasteiger partial charge >= 0.3 is 0 Å². The third-order valence-corrected chi connectivity index (χ3v) is 1.73. The molecule has 0 bridgehead atoms. The van der Waals surface area contributed by atoms with Crippen LogP contribution < -0.4 is 5.73 Å². The summed E-state index contributed by atoms with van der Waals surface area (Å²) in [4.78, 5) is 8.13. The number of hydrogen-bond donors (Lipinski definition) is 1. The molecule has 0 fully saturated rings. The van der Waals surface area contributed by atoms with Crippen LogP contribution in [0.1, 0.15) is 13.8 Å². The Morgan fingerprint density at radius 1 is 1.41 bits per heavy atom. The fourth-order valence-electron chi connectivity index (χ4n) is 0.949. The van der Waals surface area contributed by atoms with Crippen molar-refractivity contribution in [2.45, 2.75) is 13.8 Å². The highest BCUT2D eigenvalue weighted by Gasteiger charge is 1.93. The Morgan fingerprint density at radius 2 is 2.12 bits per heavy atom. The van der Waals surface area contributed by atoms with E-state index in [2.05, 4.69) is 23.1 Å². The molecule has 1 rings (SSSR count). The lowest BCUT2D eigenvalue weighted by molar-refractivity contribution is 1.31. The van der Waals surface area contributed by atoms with E-state index in [0.29, 0.717) is 11.4 Å². The summed E-state index contributed by atoms with van der Waals surface area (Å²) >= 11 is 0. The Hall–Kier alpha value is -2.16. The predicted octanol–water partition coefficient (Wildman–Crippen LogP) is 3.69. The number of aromatic nitrogens is 1. The van der Waals surface area contributed by atoms with E-state index in [4.69, 9.17) is 5.73 Å². The normalized spacial score (nSPS) is 10.6. The zero-order valence-corrected chi connectivity index (χ0v) is 10.4. The zero-order chi connectivity index (χ0) is 13.1. The first kappa shape index (κ1) is 14.8. The number of nitrogens with two attached hydrogens (primary N) is 1. The molecule has 2 N–H and O–H groups in total. The van der Waals surface area contributed by atoms with E-state index in [1.807, 2.05) is 19.9 Å². The highest BCUT2D eigenvalue weighted by molar-refractivity contribution is 5.85. The molecule has 0 spiro atoms. The Labute approximate surface area is 103 Å². The van der Waals surface area contributed by atoms with Gasteiger partial charge in [0.2, 0.25) is 0 Å². The number of nitrogens with zero attached hydrogens (tertiary/aromatic N) is 2. The SMILES string of the molecule is C=C/C=C(\C=C)C=Nc1cnccc1N.CC. The molecule has 90 valence electrons. The van der Waals surface area contributed by atoms with Crippen LogP contribution in [0.25, 0.3) is 0 Å². The molecule has 3 nitrogen and oxygen atoms in total. The molecule has 0 saturated carbocycles. The molecule has 17 heavy (non-hydrogen) atoms. The van der Waals surface area contributed by atoms with Gasteiger partial charge in [0.1, 0.15) is 5.69 Å². The summed E-state index contributed by atoms with van der Waals surface area (Å²) in [7, 11) is 0. The Morgan fingerprint density at radius 3 is 2.65 bits per heavy atom. The van der Waals surface area contributed by atoms with Crippen LogP contribution in [-0.2, 0) is 0 Å². The van der Waals surface area contributed by atoms with Crippen molar-refractivity contribution in [1.29, 1.82) is 0 Å². The number of rotatable bonds is 4. The van der Waals surface area contributed by atoms with E-state index in [9.17, 15) is 0 Å². The van der Waals surface area contributed by atoms with Gasteiger partial charge in [-0.3, -0.25) is 9.98 Å². The molecule has 0 atom stereocenters. The quantitative estimate of drug-likeness (QED) is 0.632. The maximum atomic E-state index is 5.70. The number of allylic oxidation sites excluding steroid dienone is 4. The minimum absolute atomic E-state index is 0.600. The van der Waals surface area contributed by atoms with Crippen molar-refractivity contribution >= 4 is 17.6 Å². The average molecular weight is 229 g/mol.